The monoisotopic (exact) mass is 297 g/mol. The highest BCUT2D eigenvalue weighted by Crippen LogP contribution is 2.56. The third-order valence-corrected chi connectivity index (χ3v) is 4.34. The van der Waals surface area contributed by atoms with Crippen molar-refractivity contribution in [2.45, 2.75) is 25.0 Å². The highest BCUT2D eigenvalue weighted by atomic mass is 35.5. The summed E-state index contributed by atoms with van der Waals surface area (Å²) in [5, 5.41) is 0.362. The molecule has 6 nitrogen and oxygen atoms in total. The molecule has 2 aliphatic rings. The van der Waals surface area contributed by atoms with Crippen molar-refractivity contribution < 1.29 is 14.3 Å². The Morgan fingerprint density at radius 2 is 2.35 bits per heavy atom. The first kappa shape index (κ1) is 13.6. The zero-order chi connectivity index (χ0) is 14.3. The number of esters is 1. The van der Waals surface area contributed by atoms with E-state index >= 15 is 0 Å². The van der Waals surface area contributed by atoms with Crippen molar-refractivity contribution in [2.24, 2.45) is 5.41 Å². The van der Waals surface area contributed by atoms with E-state index in [2.05, 4.69) is 9.97 Å². The zero-order valence-corrected chi connectivity index (χ0v) is 12.1. The number of rotatable bonds is 3. The molecule has 3 atom stereocenters. The van der Waals surface area contributed by atoms with Crippen molar-refractivity contribution in [2.75, 3.05) is 20.7 Å². The fraction of sp³-hybridized carbons (Fsp3) is 0.615. The summed E-state index contributed by atoms with van der Waals surface area (Å²) in [4.78, 5) is 21.8. The second-order valence-electron chi connectivity index (χ2n) is 5.49. The van der Waals surface area contributed by atoms with Crippen LogP contribution in [0.2, 0.25) is 5.15 Å². The molecule has 20 heavy (non-hydrogen) atoms. The first-order chi connectivity index (χ1) is 9.54. The van der Waals surface area contributed by atoms with E-state index in [9.17, 15) is 4.79 Å². The quantitative estimate of drug-likeness (QED) is 0.616. The lowest BCUT2D eigenvalue weighted by atomic mass is 10.0. The number of ether oxygens (including phenoxy) is 2. The second-order valence-corrected chi connectivity index (χ2v) is 5.88. The minimum Gasteiger partial charge on any atom is -0.468 e. The van der Waals surface area contributed by atoms with E-state index in [0.29, 0.717) is 11.2 Å². The summed E-state index contributed by atoms with van der Waals surface area (Å²) in [5.74, 6) is -0.186. The molecule has 2 fully saturated rings. The predicted octanol–water partition coefficient (Wildman–Crippen LogP) is 1.14. The molecule has 3 rings (SSSR count). The van der Waals surface area contributed by atoms with Gasteiger partial charge in [0.1, 0.15) is 17.3 Å². The van der Waals surface area contributed by atoms with Crippen LogP contribution in [0.5, 0.6) is 6.01 Å². The van der Waals surface area contributed by atoms with Gasteiger partial charge >= 0.3 is 12.0 Å². The number of carbonyl (C=O) groups excluding carboxylic acids is 1. The number of nitrogens with zero attached hydrogens (tertiary/aromatic N) is 3. The molecule has 1 aliphatic heterocycles. The van der Waals surface area contributed by atoms with E-state index in [1.54, 1.807) is 12.3 Å². The van der Waals surface area contributed by atoms with Crippen molar-refractivity contribution >= 4 is 17.6 Å². The summed E-state index contributed by atoms with van der Waals surface area (Å²) in [7, 11) is 3.35. The molecule has 2 heterocycles. The second kappa shape index (κ2) is 4.86. The third-order valence-electron chi connectivity index (χ3n) is 4.13. The average Bonchev–Trinajstić information content (AvgIpc) is 2.94. The van der Waals surface area contributed by atoms with Crippen molar-refractivity contribution in [3.63, 3.8) is 0 Å². The van der Waals surface area contributed by atoms with Crippen LogP contribution in [0.15, 0.2) is 12.3 Å². The molecule has 0 radical (unpaired) electrons. The smallest absolute Gasteiger partial charge is 0.323 e. The van der Waals surface area contributed by atoms with Gasteiger partial charge in [-0.15, -0.1) is 0 Å². The van der Waals surface area contributed by atoms with E-state index in [-0.39, 0.29) is 23.5 Å². The fourth-order valence-corrected chi connectivity index (χ4v) is 3.10. The number of hydrogen-bond donors (Lipinski definition) is 0. The van der Waals surface area contributed by atoms with E-state index < -0.39 is 0 Å². The number of aromatic nitrogens is 2. The topological polar surface area (TPSA) is 64.5 Å². The van der Waals surface area contributed by atoms with E-state index in [1.165, 1.54) is 7.11 Å². The van der Waals surface area contributed by atoms with Crippen LogP contribution < -0.4 is 4.74 Å². The largest absolute Gasteiger partial charge is 0.468 e. The number of halogens is 1. The lowest BCUT2D eigenvalue weighted by molar-refractivity contribution is -0.145. The summed E-state index contributed by atoms with van der Waals surface area (Å²) < 4.78 is 10.6. The molecular formula is C13H16ClN3O3. The molecule has 1 spiro atoms. The van der Waals surface area contributed by atoms with Gasteiger partial charge in [0.15, 0.2) is 0 Å². The van der Waals surface area contributed by atoms with Gasteiger partial charge in [-0.3, -0.25) is 9.69 Å². The maximum atomic E-state index is 11.7. The Morgan fingerprint density at radius 3 is 3.05 bits per heavy atom. The fourth-order valence-electron chi connectivity index (χ4n) is 2.97. The van der Waals surface area contributed by atoms with Gasteiger partial charge in [-0.2, -0.15) is 4.98 Å². The molecule has 0 aromatic carbocycles. The zero-order valence-electron chi connectivity index (χ0n) is 11.4. The van der Waals surface area contributed by atoms with Crippen LogP contribution in [0, 0.1) is 5.41 Å². The van der Waals surface area contributed by atoms with Gasteiger partial charge in [0, 0.05) is 18.2 Å². The Labute approximate surface area is 122 Å². The molecule has 0 N–H and O–H groups in total. The Balaban J connectivity index is 1.65. The highest BCUT2D eigenvalue weighted by molar-refractivity contribution is 6.29. The number of likely N-dealkylation sites (N-methyl/N-ethyl adjacent to an activating group) is 1. The van der Waals surface area contributed by atoms with Crippen LogP contribution in [-0.2, 0) is 9.53 Å². The van der Waals surface area contributed by atoms with Crippen molar-refractivity contribution in [1.82, 2.24) is 14.9 Å². The number of hydrogen-bond acceptors (Lipinski definition) is 6. The molecule has 0 amide bonds. The maximum absolute atomic E-state index is 11.7. The predicted molar refractivity (Wildman–Crippen MR) is 71.6 cm³/mol. The Bertz CT molecular complexity index is 541. The number of likely N-dealkylation sites (tertiary alicyclic amines) is 1. The van der Waals surface area contributed by atoms with Gasteiger partial charge in [-0.1, -0.05) is 11.6 Å². The Kier molecular flexibility index (Phi) is 3.30. The summed E-state index contributed by atoms with van der Waals surface area (Å²) in [6, 6.07) is 1.71. The molecular weight excluding hydrogens is 282 g/mol. The van der Waals surface area contributed by atoms with Crippen molar-refractivity contribution in [3.8, 4) is 6.01 Å². The number of carbonyl (C=O) groups is 1. The lowest BCUT2D eigenvalue weighted by Gasteiger charge is -2.15. The standard InChI is InChI=1S/C13H16ClN3O3/c1-17-7-13(5-8(17)11(18)19-2)6-9(13)20-12-15-4-3-10(14)16-12/h3-4,8-9H,5-7H2,1-2H3/t8-,9?,13?/m0/s1. The van der Waals surface area contributed by atoms with Gasteiger partial charge < -0.3 is 9.47 Å². The molecule has 108 valence electrons. The van der Waals surface area contributed by atoms with Gasteiger partial charge in [0.25, 0.3) is 0 Å². The van der Waals surface area contributed by atoms with Crippen LogP contribution >= 0.6 is 11.6 Å². The summed E-state index contributed by atoms with van der Waals surface area (Å²) in [6.07, 6.45) is 3.26. The molecule has 7 heteroatoms. The van der Waals surface area contributed by atoms with E-state index in [0.717, 1.165) is 19.4 Å². The molecule has 1 aromatic rings. The Morgan fingerprint density at radius 1 is 1.55 bits per heavy atom. The van der Waals surface area contributed by atoms with Crippen LogP contribution in [0.4, 0.5) is 0 Å². The third kappa shape index (κ3) is 2.33. The lowest BCUT2D eigenvalue weighted by Crippen LogP contribution is -2.33. The molecule has 2 unspecified atom stereocenters. The van der Waals surface area contributed by atoms with Gasteiger partial charge in [0.2, 0.25) is 0 Å². The van der Waals surface area contributed by atoms with E-state index in [4.69, 9.17) is 21.1 Å². The SMILES string of the molecule is COC(=O)[C@@H]1CC2(CC2Oc2nccc(Cl)n2)CN1C. The van der Waals surface area contributed by atoms with Crippen LogP contribution in [0.3, 0.4) is 0 Å². The highest BCUT2D eigenvalue weighted by Gasteiger charge is 2.63. The normalized spacial score (nSPS) is 32.4. The van der Waals surface area contributed by atoms with Crippen LogP contribution in [-0.4, -0.2) is 53.7 Å². The first-order valence-corrected chi connectivity index (χ1v) is 6.85. The number of methoxy groups -OCH3 is 1. The molecule has 1 saturated carbocycles. The first-order valence-electron chi connectivity index (χ1n) is 6.47. The molecule has 1 aromatic heterocycles. The van der Waals surface area contributed by atoms with Crippen LogP contribution in [0.1, 0.15) is 12.8 Å². The van der Waals surface area contributed by atoms with Crippen molar-refractivity contribution in [1.29, 1.82) is 0 Å². The summed E-state index contributed by atoms with van der Waals surface area (Å²) in [6.45, 7) is 0.817. The minimum atomic E-state index is -0.186. The van der Waals surface area contributed by atoms with Gasteiger partial charge in [0.05, 0.1) is 7.11 Å². The maximum Gasteiger partial charge on any atom is 0.323 e. The Hall–Kier alpha value is -1.40. The average molecular weight is 298 g/mol. The molecule has 0 bridgehead atoms. The molecule has 1 aliphatic carbocycles. The summed E-state index contributed by atoms with van der Waals surface area (Å²) >= 11 is 5.81. The van der Waals surface area contributed by atoms with Crippen molar-refractivity contribution in [3.05, 3.63) is 17.4 Å². The van der Waals surface area contributed by atoms with Gasteiger partial charge in [-0.25, -0.2) is 4.98 Å². The molecule has 1 saturated heterocycles. The minimum absolute atomic E-state index is 0.0132. The van der Waals surface area contributed by atoms with Gasteiger partial charge in [-0.05, 0) is 26.0 Å². The summed E-state index contributed by atoms with van der Waals surface area (Å²) in [5.41, 5.74) is 0.0132. The van der Waals surface area contributed by atoms with Crippen LogP contribution in [0.25, 0.3) is 0 Å². The van der Waals surface area contributed by atoms with E-state index in [1.807, 2.05) is 11.9 Å².